The number of pyridine rings is 1. The molecule has 0 aliphatic carbocycles. The second-order valence-electron chi connectivity index (χ2n) is 4.43. The van der Waals surface area contributed by atoms with Crippen molar-refractivity contribution in [1.29, 1.82) is 0 Å². The average molecular weight is 244 g/mol. The molecular weight excluding hydrogens is 227 g/mol. The first-order chi connectivity index (χ1) is 8.74. The monoisotopic (exact) mass is 244 g/mol. The minimum Gasteiger partial charge on any atom is -0.312 e. The van der Waals surface area contributed by atoms with Crippen molar-refractivity contribution in [2.45, 2.75) is 19.9 Å². The van der Waals surface area contributed by atoms with Crippen LogP contribution in [0.5, 0.6) is 0 Å². The highest BCUT2D eigenvalue weighted by molar-refractivity contribution is 5.22. The van der Waals surface area contributed by atoms with Crippen LogP contribution in [0.1, 0.15) is 16.7 Å². The summed E-state index contributed by atoms with van der Waals surface area (Å²) in [6.45, 7) is 3.62. The predicted molar refractivity (Wildman–Crippen MR) is 70.8 cm³/mol. The van der Waals surface area contributed by atoms with Crippen molar-refractivity contribution in [3.8, 4) is 0 Å². The summed E-state index contributed by atoms with van der Waals surface area (Å²) in [6, 6.07) is 9.98. The maximum Gasteiger partial charge on any atom is 0.141 e. The number of hydrogen-bond donors (Lipinski definition) is 1. The van der Waals surface area contributed by atoms with Gasteiger partial charge in [0.2, 0.25) is 0 Å². The van der Waals surface area contributed by atoms with E-state index >= 15 is 0 Å². The molecule has 0 fully saturated rings. The van der Waals surface area contributed by atoms with Gasteiger partial charge in [0, 0.05) is 12.7 Å². The van der Waals surface area contributed by atoms with Crippen molar-refractivity contribution in [2.75, 3.05) is 6.54 Å². The molecule has 3 heteroatoms. The van der Waals surface area contributed by atoms with Crippen LogP contribution in [0, 0.1) is 12.7 Å². The maximum atomic E-state index is 12.9. The van der Waals surface area contributed by atoms with Crippen molar-refractivity contribution in [1.82, 2.24) is 10.3 Å². The molecule has 0 aliphatic heterocycles. The molecule has 1 aromatic heterocycles. The quantitative estimate of drug-likeness (QED) is 0.818. The average Bonchev–Trinajstić information content (AvgIpc) is 2.35. The van der Waals surface area contributed by atoms with Gasteiger partial charge < -0.3 is 5.32 Å². The summed E-state index contributed by atoms with van der Waals surface area (Å²) in [6.07, 6.45) is 3.88. The van der Waals surface area contributed by atoms with Crippen LogP contribution in [0.3, 0.4) is 0 Å². The molecule has 2 nitrogen and oxygen atoms in total. The molecule has 0 saturated heterocycles. The Bertz CT molecular complexity index is 464. The van der Waals surface area contributed by atoms with Crippen LogP contribution < -0.4 is 5.32 Å². The number of rotatable bonds is 5. The van der Waals surface area contributed by atoms with Gasteiger partial charge in [0.25, 0.3) is 0 Å². The lowest BCUT2D eigenvalue weighted by atomic mass is 10.1. The van der Waals surface area contributed by atoms with Crippen LogP contribution in [0.4, 0.5) is 4.39 Å². The number of nitrogens with one attached hydrogen (secondary N) is 1. The Morgan fingerprint density at radius 2 is 2.06 bits per heavy atom. The Hall–Kier alpha value is -1.74. The molecule has 1 aromatic carbocycles. The zero-order valence-corrected chi connectivity index (χ0v) is 10.5. The summed E-state index contributed by atoms with van der Waals surface area (Å²) in [5, 5.41) is 3.29. The third-order valence-corrected chi connectivity index (χ3v) is 2.76. The third-order valence-electron chi connectivity index (χ3n) is 2.76. The molecule has 0 unspecified atom stereocenters. The predicted octanol–water partition coefficient (Wildman–Crippen LogP) is 2.86. The zero-order valence-electron chi connectivity index (χ0n) is 10.5. The van der Waals surface area contributed by atoms with Gasteiger partial charge in [0.1, 0.15) is 5.82 Å². The van der Waals surface area contributed by atoms with Crippen LogP contribution in [0.2, 0.25) is 0 Å². The molecule has 94 valence electrons. The van der Waals surface area contributed by atoms with Gasteiger partial charge in [-0.05, 0) is 37.1 Å². The molecule has 0 spiro atoms. The number of aryl methyl sites for hydroxylation is 1. The summed E-state index contributed by atoms with van der Waals surface area (Å²) in [5.74, 6) is -0.284. The van der Waals surface area contributed by atoms with E-state index in [1.807, 2.05) is 0 Å². The molecule has 18 heavy (non-hydrogen) atoms. The van der Waals surface area contributed by atoms with Crippen molar-refractivity contribution in [3.05, 3.63) is 65.2 Å². The van der Waals surface area contributed by atoms with Gasteiger partial charge in [-0.3, -0.25) is 4.98 Å². The van der Waals surface area contributed by atoms with Gasteiger partial charge in [-0.15, -0.1) is 0 Å². The van der Waals surface area contributed by atoms with E-state index in [1.54, 1.807) is 6.20 Å². The molecule has 0 amide bonds. The SMILES string of the molecule is Cc1cccc(CCNCc2cncc(F)c2)c1. The van der Waals surface area contributed by atoms with Crippen LogP contribution >= 0.6 is 0 Å². The molecule has 2 aromatic rings. The minimum absolute atomic E-state index is 0.284. The van der Waals surface area contributed by atoms with Gasteiger partial charge in [-0.25, -0.2) is 4.39 Å². The smallest absolute Gasteiger partial charge is 0.141 e. The van der Waals surface area contributed by atoms with E-state index in [-0.39, 0.29) is 5.82 Å². The van der Waals surface area contributed by atoms with Gasteiger partial charge in [0.05, 0.1) is 6.20 Å². The number of benzene rings is 1. The Kier molecular flexibility index (Phi) is 4.42. The van der Waals surface area contributed by atoms with Crippen LogP contribution in [0.25, 0.3) is 0 Å². The summed E-state index contributed by atoms with van der Waals surface area (Å²) >= 11 is 0. The van der Waals surface area contributed by atoms with E-state index in [9.17, 15) is 4.39 Å². The van der Waals surface area contributed by atoms with E-state index in [0.717, 1.165) is 18.5 Å². The Morgan fingerprint density at radius 3 is 2.83 bits per heavy atom. The topological polar surface area (TPSA) is 24.9 Å². The molecule has 0 radical (unpaired) electrons. The summed E-state index contributed by atoms with van der Waals surface area (Å²) in [4.78, 5) is 3.82. The van der Waals surface area contributed by atoms with E-state index in [4.69, 9.17) is 0 Å². The Labute approximate surface area is 107 Å². The van der Waals surface area contributed by atoms with Gasteiger partial charge >= 0.3 is 0 Å². The molecular formula is C15H17FN2. The van der Waals surface area contributed by atoms with Crippen molar-refractivity contribution < 1.29 is 4.39 Å². The lowest BCUT2D eigenvalue weighted by Crippen LogP contribution is -2.16. The van der Waals surface area contributed by atoms with Gasteiger partial charge in [-0.1, -0.05) is 29.8 Å². The lowest BCUT2D eigenvalue weighted by molar-refractivity contribution is 0.612. The lowest BCUT2D eigenvalue weighted by Gasteiger charge is -2.05. The molecule has 1 N–H and O–H groups in total. The van der Waals surface area contributed by atoms with E-state index in [0.29, 0.717) is 6.54 Å². The molecule has 2 rings (SSSR count). The number of nitrogens with zero attached hydrogens (tertiary/aromatic N) is 1. The van der Waals surface area contributed by atoms with Gasteiger partial charge in [-0.2, -0.15) is 0 Å². The van der Waals surface area contributed by atoms with Crippen LogP contribution in [0.15, 0.2) is 42.7 Å². The highest BCUT2D eigenvalue weighted by Crippen LogP contribution is 2.04. The maximum absolute atomic E-state index is 12.9. The van der Waals surface area contributed by atoms with Crippen molar-refractivity contribution in [2.24, 2.45) is 0 Å². The summed E-state index contributed by atoms with van der Waals surface area (Å²) < 4.78 is 12.9. The second-order valence-corrected chi connectivity index (χ2v) is 4.43. The van der Waals surface area contributed by atoms with Crippen molar-refractivity contribution in [3.63, 3.8) is 0 Å². The first-order valence-corrected chi connectivity index (χ1v) is 6.10. The minimum atomic E-state index is -0.284. The van der Waals surface area contributed by atoms with E-state index < -0.39 is 0 Å². The third kappa shape index (κ3) is 3.93. The normalized spacial score (nSPS) is 10.6. The molecule has 1 heterocycles. The highest BCUT2D eigenvalue weighted by Gasteiger charge is 1.97. The van der Waals surface area contributed by atoms with Crippen LogP contribution in [-0.4, -0.2) is 11.5 Å². The standard InChI is InChI=1S/C15H17FN2/c1-12-3-2-4-13(7-12)5-6-17-9-14-8-15(16)11-18-10-14/h2-4,7-8,10-11,17H,5-6,9H2,1H3. The fourth-order valence-electron chi connectivity index (χ4n) is 1.89. The molecule has 0 aliphatic rings. The summed E-state index contributed by atoms with van der Waals surface area (Å²) in [7, 11) is 0. The number of halogens is 1. The van der Waals surface area contributed by atoms with E-state index in [1.165, 1.54) is 23.4 Å². The molecule has 0 saturated carbocycles. The number of hydrogen-bond acceptors (Lipinski definition) is 2. The zero-order chi connectivity index (χ0) is 12.8. The fraction of sp³-hybridized carbons (Fsp3) is 0.267. The van der Waals surface area contributed by atoms with E-state index in [2.05, 4.69) is 41.5 Å². The van der Waals surface area contributed by atoms with Crippen LogP contribution in [-0.2, 0) is 13.0 Å². The van der Waals surface area contributed by atoms with Gasteiger partial charge in [0.15, 0.2) is 0 Å². The fourth-order valence-corrected chi connectivity index (χ4v) is 1.89. The Balaban J connectivity index is 1.76. The second kappa shape index (κ2) is 6.26. The Morgan fingerprint density at radius 1 is 1.17 bits per heavy atom. The summed E-state index contributed by atoms with van der Waals surface area (Å²) in [5.41, 5.74) is 3.47. The largest absolute Gasteiger partial charge is 0.312 e. The highest BCUT2D eigenvalue weighted by atomic mass is 19.1. The van der Waals surface area contributed by atoms with Crippen molar-refractivity contribution >= 4 is 0 Å². The first kappa shape index (κ1) is 12.7. The molecule has 0 atom stereocenters. The number of aromatic nitrogens is 1. The first-order valence-electron chi connectivity index (χ1n) is 6.10. The molecule has 0 bridgehead atoms.